The fraction of sp³-hybridized carbons (Fsp3) is 0.200. The van der Waals surface area contributed by atoms with Crippen molar-refractivity contribution >= 4 is 11.5 Å². The monoisotopic (exact) mass is 240 g/mol. The number of rotatable bonds is 4. The molecule has 3 nitrogen and oxygen atoms in total. The molecule has 2 aromatic rings. The van der Waals surface area contributed by atoms with Gasteiger partial charge >= 0.3 is 0 Å². The first-order chi connectivity index (χ1) is 8.68. The molecule has 0 saturated carbocycles. The zero-order valence-electron chi connectivity index (χ0n) is 10.6. The van der Waals surface area contributed by atoms with Gasteiger partial charge in [-0.2, -0.15) is 0 Å². The van der Waals surface area contributed by atoms with Crippen LogP contribution in [0, 0.1) is 0 Å². The number of Topliss-reactive ketones (excluding diaryl/α,β-unsaturated/α-hetero) is 1. The summed E-state index contributed by atoms with van der Waals surface area (Å²) in [5.41, 5.74) is 2.67. The van der Waals surface area contributed by atoms with Crippen LogP contribution in [0.2, 0.25) is 0 Å². The van der Waals surface area contributed by atoms with E-state index < -0.39 is 0 Å². The van der Waals surface area contributed by atoms with Gasteiger partial charge in [0.2, 0.25) is 0 Å². The van der Waals surface area contributed by atoms with E-state index in [0.717, 1.165) is 16.9 Å². The van der Waals surface area contributed by atoms with Crippen LogP contribution in [0.4, 0.5) is 5.69 Å². The van der Waals surface area contributed by atoms with Crippen LogP contribution < -0.4 is 4.90 Å². The number of aromatic nitrogens is 1. The number of ketones is 1. The van der Waals surface area contributed by atoms with E-state index in [1.807, 2.05) is 54.4 Å². The van der Waals surface area contributed by atoms with E-state index in [0.29, 0.717) is 6.54 Å². The fourth-order valence-corrected chi connectivity index (χ4v) is 1.92. The second kappa shape index (κ2) is 5.45. The van der Waals surface area contributed by atoms with E-state index in [-0.39, 0.29) is 5.78 Å². The van der Waals surface area contributed by atoms with Gasteiger partial charge < -0.3 is 4.90 Å². The highest BCUT2D eigenvalue weighted by Crippen LogP contribution is 2.20. The van der Waals surface area contributed by atoms with Crippen molar-refractivity contribution in [3.63, 3.8) is 0 Å². The molecule has 0 aliphatic carbocycles. The Morgan fingerprint density at radius 1 is 1.17 bits per heavy atom. The normalized spacial score (nSPS) is 10.1. The first kappa shape index (κ1) is 12.3. The van der Waals surface area contributed by atoms with E-state index in [1.54, 1.807) is 13.1 Å². The third-order valence-electron chi connectivity index (χ3n) is 2.82. The maximum atomic E-state index is 11.6. The Hall–Kier alpha value is -2.16. The lowest BCUT2D eigenvalue weighted by Gasteiger charge is -2.21. The zero-order chi connectivity index (χ0) is 13.0. The van der Waals surface area contributed by atoms with Gasteiger partial charge in [-0.05, 0) is 31.2 Å². The molecule has 2 rings (SSSR count). The Morgan fingerprint density at radius 3 is 2.56 bits per heavy atom. The Morgan fingerprint density at radius 2 is 1.89 bits per heavy atom. The molecule has 1 aromatic carbocycles. The van der Waals surface area contributed by atoms with Gasteiger partial charge in [-0.3, -0.25) is 9.78 Å². The molecule has 18 heavy (non-hydrogen) atoms. The molecule has 0 bridgehead atoms. The summed E-state index contributed by atoms with van der Waals surface area (Å²) in [4.78, 5) is 17.9. The second-order valence-electron chi connectivity index (χ2n) is 4.25. The lowest BCUT2D eigenvalue weighted by atomic mass is 10.1. The molecule has 0 unspecified atom stereocenters. The predicted octanol–water partition coefficient (Wildman–Crippen LogP) is 2.92. The van der Waals surface area contributed by atoms with E-state index in [9.17, 15) is 4.79 Å². The summed E-state index contributed by atoms with van der Waals surface area (Å²) in [5.74, 6) is 0.0819. The number of benzene rings is 1. The number of hydrogen-bond donors (Lipinski definition) is 0. The van der Waals surface area contributed by atoms with Gasteiger partial charge in [0.05, 0.1) is 12.2 Å². The maximum Gasteiger partial charge on any atom is 0.161 e. The highest BCUT2D eigenvalue weighted by molar-refractivity contribution is 5.99. The number of pyridine rings is 1. The minimum absolute atomic E-state index is 0.0819. The molecule has 0 amide bonds. The van der Waals surface area contributed by atoms with Crippen LogP contribution in [0.1, 0.15) is 23.0 Å². The zero-order valence-corrected chi connectivity index (χ0v) is 10.6. The highest BCUT2D eigenvalue weighted by atomic mass is 16.1. The minimum Gasteiger partial charge on any atom is -0.368 e. The van der Waals surface area contributed by atoms with E-state index in [2.05, 4.69) is 4.98 Å². The lowest BCUT2D eigenvalue weighted by Crippen LogP contribution is -2.19. The van der Waals surface area contributed by atoms with Gasteiger partial charge in [0.15, 0.2) is 5.78 Å². The molecule has 0 saturated heterocycles. The molecule has 0 fully saturated rings. The summed E-state index contributed by atoms with van der Waals surface area (Å²) >= 11 is 0. The maximum absolute atomic E-state index is 11.6. The van der Waals surface area contributed by atoms with Crippen molar-refractivity contribution in [3.05, 3.63) is 59.9 Å². The van der Waals surface area contributed by atoms with E-state index in [1.165, 1.54) is 0 Å². The molecule has 1 heterocycles. The minimum atomic E-state index is 0.0819. The number of hydrogen-bond acceptors (Lipinski definition) is 3. The Bertz CT molecular complexity index is 537. The Labute approximate surface area is 107 Å². The fourth-order valence-electron chi connectivity index (χ4n) is 1.92. The molecule has 0 aliphatic rings. The van der Waals surface area contributed by atoms with Crippen LogP contribution >= 0.6 is 0 Å². The van der Waals surface area contributed by atoms with Gasteiger partial charge in [-0.25, -0.2) is 0 Å². The molecular formula is C15H16N2O. The summed E-state index contributed by atoms with van der Waals surface area (Å²) in [6.45, 7) is 2.28. The van der Waals surface area contributed by atoms with Crippen molar-refractivity contribution in [2.75, 3.05) is 11.9 Å². The number of anilines is 1. The van der Waals surface area contributed by atoms with Gasteiger partial charge in [0.1, 0.15) is 0 Å². The summed E-state index contributed by atoms with van der Waals surface area (Å²) in [5, 5.41) is 0. The van der Waals surface area contributed by atoms with Crippen LogP contribution in [0.3, 0.4) is 0 Å². The molecule has 0 N–H and O–H groups in total. The topological polar surface area (TPSA) is 33.2 Å². The molecule has 92 valence electrons. The summed E-state index contributed by atoms with van der Waals surface area (Å²) in [6, 6.07) is 13.5. The van der Waals surface area contributed by atoms with Gasteiger partial charge in [-0.15, -0.1) is 0 Å². The SMILES string of the molecule is CC(=O)c1ccccc1N(C)Cc1ccccn1. The largest absolute Gasteiger partial charge is 0.368 e. The van der Waals surface area contributed by atoms with Crippen molar-refractivity contribution in [1.82, 2.24) is 4.98 Å². The van der Waals surface area contributed by atoms with Crippen LogP contribution in [0.5, 0.6) is 0 Å². The average Bonchev–Trinajstić information content (AvgIpc) is 2.40. The number of para-hydroxylation sites is 1. The van der Waals surface area contributed by atoms with Crippen LogP contribution in [-0.2, 0) is 6.54 Å². The van der Waals surface area contributed by atoms with Gasteiger partial charge in [0, 0.05) is 24.5 Å². The first-order valence-corrected chi connectivity index (χ1v) is 5.89. The van der Waals surface area contributed by atoms with Crippen LogP contribution in [0.15, 0.2) is 48.7 Å². The molecule has 3 heteroatoms. The smallest absolute Gasteiger partial charge is 0.161 e. The molecule has 0 aliphatic heterocycles. The number of carbonyl (C=O) groups is 1. The van der Waals surface area contributed by atoms with Crippen molar-refractivity contribution in [1.29, 1.82) is 0 Å². The summed E-state index contributed by atoms with van der Waals surface area (Å²) in [7, 11) is 1.97. The predicted molar refractivity (Wildman–Crippen MR) is 72.8 cm³/mol. The van der Waals surface area contributed by atoms with Crippen molar-refractivity contribution in [2.45, 2.75) is 13.5 Å². The van der Waals surface area contributed by atoms with Gasteiger partial charge in [0.25, 0.3) is 0 Å². The average molecular weight is 240 g/mol. The Balaban J connectivity index is 2.24. The lowest BCUT2D eigenvalue weighted by molar-refractivity contribution is 0.101. The number of nitrogens with zero attached hydrogens (tertiary/aromatic N) is 2. The third kappa shape index (κ3) is 2.74. The standard InChI is InChI=1S/C15H16N2O/c1-12(18)14-8-3-4-9-15(14)17(2)11-13-7-5-6-10-16-13/h3-10H,11H2,1-2H3. The molecule has 0 atom stereocenters. The molecule has 0 radical (unpaired) electrons. The van der Waals surface area contributed by atoms with Crippen molar-refractivity contribution < 1.29 is 4.79 Å². The van der Waals surface area contributed by atoms with Crippen LogP contribution in [-0.4, -0.2) is 17.8 Å². The second-order valence-corrected chi connectivity index (χ2v) is 4.25. The number of carbonyl (C=O) groups excluding carboxylic acids is 1. The molecule has 1 aromatic heterocycles. The van der Waals surface area contributed by atoms with Crippen molar-refractivity contribution in [3.8, 4) is 0 Å². The quantitative estimate of drug-likeness (QED) is 0.770. The third-order valence-corrected chi connectivity index (χ3v) is 2.82. The van der Waals surface area contributed by atoms with Gasteiger partial charge in [-0.1, -0.05) is 18.2 Å². The summed E-state index contributed by atoms with van der Waals surface area (Å²) < 4.78 is 0. The van der Waals surface area contributed by atoms with E-state index in [4.69, 9.17) is 0 Å². The molecular weight excluding hydrogens is 224 g/mol. The van der Waals surface area contributed by atoms with Crippen molar-refractivity contribution in [2.24, 2.45) is 0 Å². The summed E-state index contributed by atoms with van der Waals surface area (Å²) in [6.07, 6.45) is 1.78. The highest BCUT2D eigenvalue weighted by Gasteiger charge is 2.10. The Kier molecular flexibility index (Phi) is 3.72. The van der Waals surface area contributed by atoms with E-state index >= 15 is 0 Å². The molecule has 0 spiro atoms. The first-order valence-electron chi connectivity index (χ1n) is 5.89. The van der Waals surface area contributed by atoms with Crippen LogP contribution in [0.25, 0.3) is 0 Å².